The smallest absolute Gasteiger partial charge is 0.383 e. The highest BCUT2D eigenvalue weighted by molar-refractivity contribution is 4.92. The van der Waals surface area contributed by atoms with Crippen LogP contribution in [0, 0.1) is 5.92 Å². The molecule has 0 unspecified atom stereocenters. The first-order valence-electron chi connectivity index (χ1n) is 3.35. The van der Waals surface area contributed by atoms with Gasteiger partial charge >= 0.3 is 6.18 Å². The molecule has 1 N–H and O–H groups in total. The van der Waals surface area contributed by atoms with E-state index >= 15 is 0 Å². The van der Waals surface area contributed by atoms with Gasteiger partial charge in [0.1, 0.15) is 0 Å². The van der Waals surface area contributed by atoms with Crippen LogP contribution in [0.25, 0.3) is 0 Å². The maximum absolute atomic E-state index is 12.1. The van der Waals surface area contributed by atoms with Crippen LogP contribution in [0.1, 0.15) is 12.8 Å². The van der Waals surface area contributed by atoms with Gasteiger partial charge in [-0.25, -0.2) is 8.78 Å². The molecule has 12 heavy (non-hydrogen) atoms. The van der Waals surface area contributed by atoms with E-state index in [9.17, 15) is 22.0 Å². The molecule has 6 heteroatoms. The van der Waals surface area contributed by atoms with Gasteiger partial charge in [0.05, 0.1) is 0 Å². The molecule has 1 fully saturated rings. The summed E-state index contributed by atoms with van der Waals surface area (Å²) >= 11 is 0. The van der Waals surface area contributed by atoms with Gasteiger partial charge in [-0.15, -0.1) is 0 Å². The van der Waals surface area contributed by atoms with Crippen molar-refractivity contribution in [3.63, 3.8) is 0 Å². The van der Waals surface area contributed by atoms with Crippen LogP contribution in [0.15, 0.2) is 0 Å². The number of halogens is 5. The molecule has 0 radical (unpaired) electrons. The summed E-state index contributed by atoms with van der Waals surface area (Å²) in [7, 11) is 0. The lowest BCUT2D eigenvalue weighted by atomic mass is 9.77. The molecule has 0 saturated heterocycles. The highest BCUT2D eigenvalue weighted by Crippen LogP contribution is 2.47. The monoisotopic (exact) mass is 190 g/mol. The minimum absolute atomic E-state index is 0.867. The molecule has 1 atom stereocenters. The minimum atomic E-state index is -4.78. The Bertz CT molecular complexity index is 167. The fourth-order valence-corrected chi connectivity index (χ4v) is 1.20. The SMILES string of the molecule is O[C@@H](C1CC(F)(F)C1)C(F)(F)F. The Morgan fingerprint density at radius 1 is 1.25 bits per heavy atom. The average molecular weight is 190 g/mol. The minimum Gasteiger partial charge on any atom is -0.383 e. The lowest BCUT2D eigenvalue weighted by Gasteiger charge is -2.38. The van der Waals surface area contributed by atoms with Crippen molar-refractivity contribution < 1.29 is 27.1 Å². The number of aliphatic hydroxyl groups is 1. The van der Waals surface area contributed by atoms with Gasteiger partial charge in [0.25, 0.3) is 0 Å². The lowest BCUT2D eigenvalue weighted by molar-refractivity contribution is -0.251. The van der Waals surface area contributed by atoms with Crippen LogP contribution in [0.2, 0.25) is 0 Å². The first kappa shape index (κ1) is 9.70. The van der Waals surface area contributed by atoms with E-state index < -0.39 is 37.0 Å². The van der Waals surface area contributed by atoms with Crippen LogP contribution in [0.3, 0.4) is 0 Å². The van der Waals surface area contributed by atoms with Crippen molar-refractivity contribution in [2.75, 3.05) is 0 Å². The maximum atomic E-state index is 12.1. The van der Waals surface area contributed by atoms with E-state index in [1.807, 2.05) is 0 Å². The van der Waals surface area contributed by atoms with E-state index in [0.29, 0.717) is 0 Å². The molecule has 0 aromatic heterocycles. The van der Waals surface area contributed by atoms with Crippen LogP contribution in [-0.2, 0) is 0 Å². The molecule has 0 bridgehead atoms. The van der Waals surface area contributed by atoms with E-state index in [1.54, 1.807) is 0 Å². The van der Waals surface area contributed by atoms with Crippen molar-refractivity contribution in [2.45, 2.75) is 31.0 Å². The fraction of sp³-hybridized carbons (Fsp3) is 1.00. The quantitative estimate of drug-likeness (QED) is 0.626. The standard InChI is InChI=1S/C6H7F5O/c7-5(8)1-3(2-5)4(12)6(9,10)11/h3-4,12H,1-2H2/t4-/m0/s1. The number of hydrogen-bond donors (Lipinski definition) is 1. The summed E-state index contributed by atoms with van der Waals surface area (Å²) in [6.45, 7) is 0. The van der Waals surface area contributed by atoms with Crippen molar-refractivity contribution >= 4 is 0 Å². The Balaban J connectivity index is 2.43. The summed E-state index contributed by atoms with van der Waals surface area (Å²) in [5.74, 6) is -4.35. The molecule has 72 valence electrons. The Hall–Kier alpha value is -0.390. The predicted molar refractivity (Wildman–Crippen MR) is 29.7 cm³/mol. The van der Waals surface area contributed by atoms with Gasteiger partial charge in [0.2, 0.25) is 5.92 Å². The number of hydrogen-bond acceptors (Lipinski definition) is 1. The molecule has 1 saturated carbocycles. The summed E-state index contributed by atoms with van der Waals surface area (Å²) < 4.78 is 59.1. The van der Waals surface area contributed by atoms with Crippen molar-refractivity contribution in [3.05, 3.63) is 0 Å². The molecule has 0 aliphatic heterocycles. The van der Waals surface area contributed by atoms with E-state index in [0.717, 1.165) is 0 Å². The Kier molecular flexibility index (Phi) is 2.06. The van der Waals surface area contributed by atoms with Crippen LogP contribution in [-0.4, -0.2) is 23.3 Å². The molecular formula is C6H7F5O. The van der Waals surface area contributed by atoms with E-state index in [-0.39, 0.29) is 0 Å². The third kappa shape index (κ3) is 1.85. The van der Waals surface area contributed by atoms with Gasteiger partial charge in [-0.1, -0.05) is 0 Å². The van der Waals surface area contributed by atoms with Gasteiger partial charge in [0.15, 0.2) is 6.10 Å². The Morgan fingerprint density at radius 2 is 1.67 bits per heavy atom. The third-order valence-electron chi connectivity index (χ3n) is 1.90. The highest BCUT2D eigenvalue weighted by Gasteiger charge is 2.55. The average Bonchev–Trinajstić information content (AvgIpc) is 1.78. The molecule has 0 aromatic rings. The molecule has 1 aliphatic carbocycles. The Labute approximate surface area is 65.2 Å². The van der Waals surface area contributed by atoms with Crippen molar-refractivity contribution in [1.82, 2.24) is 0 Å². The number of alkyl halides is 5. The second-order valence-electron chi connectivity index (χ2n) is 3.01. The van der Waals surface area contributed by atoms with E-state index in [1.165, 1.54) is 0 Å². The molecule has 0 heterocycles. The topological polar surface area (TPSA) is 20.2 Å². The van der Waals surface area contributed by atoms with Crippen LogP contribution >= 0.6 is 0 Å². The zero-order chi connectivity index (χ0) is 9.57. The predicted octanol–water partition coefficient (Wildman–Crippen LogP) is 1.95. The maximum Gasteiger partial charge on any atom is 0.414 e. The van der Waals surface area contributed by atoms with Gasteiger partial charge in [-0.3, -0.25) is 0 Å². The fourth-order valence-electron chi connectivity index (χ4n) is 1.20. The molecular weight excluding hydrogens is 183 g/mol. The molecule has 0 spiro atoms. The Morgan fingerprint density at radius 3 is 1.92 bits per heavy atom. The van der Waals surface area contributed by atoms with Crippen LogP contribution in [0.4, 0.5) is 22.0 Å². The van der Waals surface area contributed by atoms with Gasteiger partial charge in [-0.05, 0) is 0 Å². The largest absolute Gasteiger partial charge is 0.414 e. The van der Waals surface area contributed by atoms with Crippen molar-refractivity contribution in [1.29, 1.82) is 0 Å². The normalized spacial score (nSPS) is 26.5. The van der Waals surface area contributed by atoms with Crippen molar-refractivity contribution in [2.24, 2.45) is 5.92 Å². The first-order valence-corrected chi connectivity index (χ1v) is 3.35. The third-order valence-corrected chi connectivity index (χ3v) is 1.90. The first-order chi connectivity index (χ1) is 5.22. The second-order valence-corrected chi connectivity index (χ2v) is 3.01. The summed E-state index contributed by atoms with van der Waals surface area (Å²) in [5.41, 5.74) is 0. The van der Waals surface area contributed by atoms with Gasteiger partial charge in [0, 0.05) is 18.8 Å². The zero-order valence-corrected chi connectivity index (χ0v) is 5.91. The highest BCUT2D eigenvalue weighted by atomic mass is 19.4. The summed E-state index contributed by atoms with van der Waals surface area (Å²) in [5, 5.41) is 8.48. The molecule has 1 rings (SSSR count). The molecule has 1 aliphatic rings. The van der Waals surface area contributed by atoms with Crippen molar-refractivity contribution in [3.8, 4) is 0 Å². The second kappa shape index (κ2) is 2.55. The van der Waals surface area contributed by atoms with Crippen LogP contribution in [0.5, 0.6) is 0 Å². The molecule has 1 nitrogen and oxygen atoms in total. The summed E-state index contributed by atoms with van der Waals surface area (Å²) in [4.78, 5) is 0. The van der Waals surface area contributed by atoms with Crippen LogP contribution < -0.4 is 0 Å². The van der Waals surface area contributed by atoms with E-state index in [4.69, 9.17) is 5.11 Å². The van der Waals surface area contributed by atoms with Gasteiger partial charge < -0.3 is 5.11 Å². The number of rotatable bonds is 1. The number of aliphatic hydroxyl groups excluding tert-OH is 1. The molecule has 0 amide bonds. The lowest BCUT2D eigenvalue weighted by Crippen LogP contribution is -2.47. The van der Waals surface area contributed by atoms with E-state index in [2.05, 4.69) is 0 Å². The summed E-state index contributed by atoms with van der Waals surface area (Å²) in [6, 6.07) is 0. The van der Waals surface area contributed by atoms with Gasteiger partial charge in [-0.2, -0.15) is 13.2 Å². The summed E-state index contributed by atoms with van der Waals surface area (Å²) in [6.07, 6.45) is -9.11. The molecule has 0 aromatic carbocycles. The zero-order valence-electron chi connectivity index (χ0n) is 5.91.